The summed E-state index contributed by atoms with van der Waals surface area (Å²) in [6.07, 6.45) is 2.13. The molecule has 0 fully saturated rings. The van der Waals surface area contributed by atoms with Crippen molar-refractivity contribution in [2.45, 2.75) is 6.42 Å². The van der Waals surface area contributed by atoms with Crippen LogP contribution in [0, 0.1) is 10.1 Å². The van der Waals surface area contributed by atoms with E-state index >= 15 is 0 Å². The molecular formula is C10H8Cl2N2O2. The van der Waals surface area contributed by atoms with Crippen molar-refractivity contribution < 1.29 is 4.92 Å². The molecule has 0 amide bonds. The molecule has 0 atom stereocenters. The van der Waals surface area contributed by atoms with E-state index in [0.29, 0.717) is 16.5 Å². The van der Waals surface area contributed by atoms with E-state index in [1.54, 1.807) is 18.3 Å². The van der Waals surface area contributed by atoms with Gasteiger partial charge < -0.3 is 4.98 Å². The molecule has 0 saturated heterocycles. The van der Waals surface area contributed by atoms with Gasteiger partial charge in [-0.05, 0) is 17.7 Å². The molecule has 0 aliphatic heterocycles. The smallest absolute Gasteiger partial charge is 0.207 e. The highest BCUT2D eigenvalue weighted by Gasteiger charge is 2.09. The lowest BCUT2D eigenvalue weighted by Gasteiger charge is -1.98. The van der Waals surface area contributed by atoms with Crippen molar-refractivity contribution >= 4 is 34.1 Å². The molecular weight excluding hydrogens is 251 g/mol. The first-order valence-electron chi connectivity index (χ1n) is 4.64. The maximum Gasteiger partial charge on any atom is 0.207 e. The lowest BCUT2D eigenvalue weighted by atomic mass is 10.1. The van der Waals surface area contributed by atoms with E-state index in [1.165, 1.54) is 0 Å². The second-order valence-corrected chi connectivity index (χ2v) is 4.25. The van der Waals surface area contributed by atoms with Crippen LogP contribution in [0.5, 0.6) is 0 Å². The Morgan fingerprint density at radius 3 is 2.69 bits per heavy atom. The van der Waals surface area contributed by atoms with Crippen LogP contribution in [-0.4, -0.2) is 16.5 Å². The molecule has 84 valence electrons. The Kier molecular flexibility index (Phi) is 3.03. The van der Waals surface area contributed by atoms with Crippen molar-refractivity contribution in [2.24, 2.45) is 0 Å². The third-order valence-electron chi connectivity index (χ3n) is 2.37. The lowest BCUT2D eigenvalue weighted by Crippen LogP contribution is -2.03. The van der Waals surface area contributed by atoms with Gasteiger partial charge in [-0.1, -0.05) is 23.2 Å². The maximum absolute atomic E-state index is 10.3. The van der Waals surface area contributed by atoms with Crippen molar-refractivity contribution in [3.8, 4) is 0 Å². The van der Waals surface area contributed by atoms with Gasteiger partial charge in [-0.25, -0.2) is 0 Å². The Morgan fingerprint density at radius 1 is 1.31 bits per heavy atom. The van der Waals surface area contributed by atoms with Gasteiger partial charge >= 0.3 is 0 Å². The SMILES string of the molecule is O=[N+]([O-])CCc1c[nH]c2cc(Cl)c(Cl)cc12. The standard InChI is InChI=1S/C10H8Cl2N2O2/c11-8-3-7-6(1-2-14(15)16)5-13-10(7)4-9(8)12/h3-5,13H,1-2H2. The summed E-state index contributed by atoms with van der Waals surface area (Å²) < 4.78 is 0. The van der Waals surface area contributed by atoms with Gasteiger partial charge in [0.25, 0.3) is 0 Å². The highest BCUT2D eigenvalue weighted by Crippen LogP contribution is 2.29. The summed E-state index contributed by atoms with van der Waals surface area (Å²) in [5, 5.41) is 12.1. The Hall–Kier alpha value is -1.26. The minimum atomic E-state index is -0.337. The van der Waals surface area contributed by atoms with Gasteiger partial charge in [0.2, 0.25) is 6.54 Å². The van der Waals surface area contributed by atoms with Crippen LogP contribution < -0.4 is 0 Å². The summed E-state index contributed by atoms with van der Waals surface area (Å²) in [6, 6.07) is 3.44. The van der Waals surface area contributed by atoms with Crippen LogP contribution >= 0.6 is 23.2 Å². The quantitative estimate of drug-likeness (QED) is 0.679. The molecule has 4 nitrogen and oxygen atoms in total. The van der Waals surface area contributed by atoms with Crippen LogP contribution in [0.4, 0.5) is 0 Å². The first-order valence-corrected chi connectivity index (χ1v) is 5.40. The molecule has 0 saturated carbocycles. The van der Waals surface area contributed by atoms with E-state index in [4.69, 9.17) is 23.2 Å². The van der Waals surface area contributed by atoms with Gasteiger partial charge in [0.05, 0.1) is 10.0 Å². The number of aromatic nitrogens is 1. The number of fused-ring (bicyclic) bond motifs is 1. The summed E-state index contributed by atoms with van der Waals surface area (Å²) >= 11 is 11.8. The Balaban J connectivity index is 2.40. The molecule has 0 aliphatic carbocycles. The number of hydrogen-bond acceptors (Lipinski definition) is 2. The van der Waals surface area contributed by atoms with Crippen LogP contribution in [0.1, 0.15) is 5.56 Å². The Labute approximate surface area is 101 Å². The van der Waals surface area contributed by atoms with E-state index in [0.717, 1.165) is 16.5 Å². The number of hydrogen-bond donors (Lipinski definition) is 1. The number of aromatic amines is 1. The van der Waals surface area contributed by atoms with Crippen molar-refractivity contribution in [2.75, 3.05) is 6.54 Å². The average molecular weight is 259 g/mol. The summed E-state index contributed by atoms with van der Waals surface area (Å²) in [5.41, 5.74) is 1.72. The first kappa shape index (κ1) is 11.2. The van der Waals surface area contributed by atoms with E-state index in [-0.39, 0.29) is 11.5 Å². The van der Waals surface area contributed by atoms with Crippen LogP contribution in [-0.2, 0) is 6.42 Å². The molecule has 0 spiro atoms. The maximum atomic E-state index is 10.3. The largest absolute Gasteiger partial charge is 0.361 e. The monoisotopic (exact) mass is 258 g/mol. The van der Waals surface area contributed by atoms with Crippen LogP contribution in [0.2, 0.25) is 10.0 Å². The Bertz CT molecular complexity index is 551. The van der Waals surface area contributed by atoms with Crippen LogP contribution in [0.3, 0.4) is 0 Å². The van der Waals surface area contributed by atoms with Gasteiger partial charge in [-0.3, -0.25) is 10.1 Å². The van der Waals surface area contributed by atoms with E-state index in [1.807, 2.05) is 0 Å². The zero-order valence-corrected chi connectivity index (χ0v) is 9.68. The van der Waals surface area contributed by atoms with Gasteiger partial charge in [-0.2, -0.15) is 0 Å². The number of benzene rings is 1. The van der Waals surface area contributed by atoms with Crippen molar-refractivity contribution in [3.05, 3.63) is 44.1 Å². The van der Waals surface area contributed by atoms with Crippen LogP contribution in [0.25, 0.3) is 10.9 Å². The molecule has 2 aromatic rings. The molecule has 1 aromatic carbocycles. The molecule has 0 unspecified atom stereocenters. The number of halogens is 2. The fraction of sp³-hybridized carbons (Fsp3) is 0.200. The van der Waals surface area contributed by atoms with Gasteiger partial charge in [0.15, 0.2) is 0 Å². The number of rotatable bonds is 3. The number of nitro groups is 1. The molecule has 1 heterocycles. The molecule has 0 radical (unpaired) electrons. The third-order valence-corrected chi connectivity index (χ3v) is 3.09. The topological polar surface area (TPSA) is 58.9 Å². The molecule has 16 heavy (non-hydrogen) atoms. The van der Waals surface area contributed by atoms with Crippen molar-refractivity contribution in [1.29, 1.82) is 0 Å². The molecule has 0 aliphatic rings. The zero-order chi connectivity index (χ0) is 11.7. The van der Waals surface area contributed by atoms with Crippen LogP contribution in [0.15, 0.2) is 18.3 Å². The third kappa shape index (κ3) is 2.13. The molecule has 2 rings (SSSR count). The van der Waals surface area contributed by atoms with Crippen molar-refractivity contribution in [1.82, 2.24) is 4.98 Å². The average Bonchev–Trinajstić information content (AvgIpc) is 2.58. The molecule has 0 bridgehead atoms. The predicted octanol–water partition coefficient (Wildman–Crippen LogP) is 3.29. The highest BCUT2D eigenvalue weighted by atomic mass is 35.5. The predicted molar refractivity (Wildman–Crippen MR) is 63.9 cm³/mol. The normalized spacial score (nSPS) is 10.9. The van der Waals surface area contributed by atoms with E-state index < -0.39 is 0 Å². The van der Waals surface area contributed by atoms with Gasteiger partial charge in [-0.15, -0.1) is 0 Å². The summed E-state index contributed by atoms with van der Waals surface area (Å²) in [7, 11) is 0. The highest BCUT2D eigenvalue weighted by molar-refractivity contribution is 6.42. The molecule has 6 heteroatoms. The summed E-state index contributed by atoms with van der Waals surface area (Å²) in [4.78, 5) is 13.0. The zero-order valence-electron chi connectivity index (χ0n) is 8.17. The number of nitrogens with zero attached hydrogens (tertiary/aromatic N) is 1. The van der Waals surface area contributed by atoms with Gasteiger partial charge in [0.1, 0.15) is 0 Å². The second-order valence-electron chi connectivity index (χ2n) is 3.43. The second kappa shape index (κ2) is 4.31. The summed E-state index contributed by atoms with van der Waals surface area (Å²) in [5.74, 6) is 0. The Morgan fingerprint density at radius 2 is 2.00 bits per heavy atom. The number of nitrogens with one attached hydrogen (secondary N) is 1. The number of H-pyrrole nitrogens is 1. The van der Waals surface area contributed by atoms with Gasteiger partial charge in [0, 0.05) is 28.4 Å². The lowest BCUT2D eigenvalue weighted by molar-refractivity contribution is -0.479. The molecule has 1 aromatic heterocycles. The first-order chi connectivity index (χ1) is 7.58. The fourth-order valence-corrected chi connectivity index (χ4v) is 1.92. The fourth-order valence-electron chi connectivity index (χ4n) is 1.59. The minimum Gasteiger partial charge on any atom is -0.361 e. The van der Waals surface area contributed by atoms with E-state index in [9.17, 15) is 10.1 Å². The van der Waals surface area contributed by atoms with E-state index in [2.05, 4.69) is 4.98 Å². The minimum absolute atomic E-state index is 0.0901. The molecule has 1 N–H and O–H groups in total. The summed E-state index contributed by atoms with van der Waals surface area (Å²) in [6.45, 7) is -0.0901. The van der Waals surface area contributed by atoms with Crippen molar-refractivity contribution in [3.63, 3.8) is 0 Å².